The van der Waals surface area contributed by atoms with Crippen molar-refractivity contribution in [2.24, 2.45) is 0 Å². The molecule has 0 radical (unpaired) electrons. The van der Waals surface area contributed by atoms with Gasteiger partial charge in [0.1, 0.15) is 5.82 Å². The van der Waals surface area contributed by atoms with Gasteiger partial charge in [0, 0.05) is 13.0 Å². The number of carbonyl (C=O) groups is 1. The Bertz CT molecular complexity index is 1330. The van der Waals surface area contributed by atoms with Crippen LogP contribution in [0.5, 0.6) is 0 Å². The fourth-order valence-electron chi connectivity index (χ4n) is 4.25. The monoisotopic (exact) mass is 439 g/mol. The minimum Gasteiger partial charge on any atom is -0.328 e. The van der Waals surface area contributed by atoms with Crippen LogP contribution in [0, 0.1) is 0 Å². The molecule has 0 aliphatic heterocycles. The average molecular weight is 440 g/mol. The number of aromatic nitrogens is 2. The standard InChI is InChI=1S/C28H29N3O2/c1-4-22-15-9-12-18-25(22)31-27(29-24-17-11-10-16-23(24)28(31)33)20(3)30(26(32)5-2)19-21-13-7-6-8-14-21/h6-18,20H,4-5,19H2,1-3H3. The molecule has 1 unspecified atom stereocenters. The maximum atomic E-state index is 13.8. The van der Waals surface area contributed by atoms with Crippen molar-refractivity contribution >= 4 is 16.8 Å². The molecule has 1 atom stereocenters. The molecule has 0 spiro atoms. The fraction of sp³-hybridized carbons (Fsp3) is 0.250. The van der Waals surface area contributed by atoms with Crippen LogP contribution >= 0.6 is 0 Å². The van der Waals surface area contributed by atoms with Gasteiger partial charge in [0.15, 0.2) is 0 Å². The van der Waals surface area contributed by atoms with Crippen LogP contribution in [0.15, 0.2) is 83.7 Å². The zero-order valence-electron chi connectivity index (χ0n) is 19.4. The smallest absolute Gasteiger partial charge is 0.266 e. The van der Waals surface area contributed by atoms with Crippen molar-refractivity contribution in [3.05, 3.63) is 106 Å². The SMILES string of the molecule is CCC(=O)N(Cc1ccccc1)C(C)c1nc2ccccc2c(=O)n1-c1ccccc1CC. The number of fused-ring (bicyclic) bond motifs is 1. The molecule has 5 heteroatoms. The number of carbonyl (C=O) groups excluding carboxylic acids is 1. The molecule has 168 valence electrons. The Balaban J connectivity index is 1.94. The maximum Gasteiger partial charge on any atom is 0.266 e. The van der Waals surface area contributed by atoms with E-state index >= 15 is 0 Å². The van der Waals surface area contributed by atoms with E-state index in [4.69, 9.17) is 4.98 Å². The summed E-state index contributed by atoms with van der Waals surface area (Å²) in [7, 11) is 0. The third kappa shape index (κ3) is 4.44. The molecule has 0 N–H and O–H groups in total. The van der Waals surface area contributed by atoms with E-state index in [1.807, 2.05) is 97.6 Å². The van der Waals surface area contributed by atoms with E-state index in [-0.39, 0.29) is 11.5 Å². The third-order valence-corrected chi connectivity index (χ3v) is 6.07. The quantitative estimate of drug-likeness (QED) is 0.385. The first-order valence-electron chi connectivity index (χ1n) is 11.5. The first-order chi connectivity index (χ1) is 16.0. The van der Waals surface area contributed by atoms with Gasteiger partial charge in [0.25, 0.3) is 5.56 Å². The largest absolute Gasteiger partial charge is 0.328 e. The highest BCUT2D eigenvalue weighted by molar-refractivity contribution is 5.79. The Morgan fingerprint density at radius 1 is 0.939 bits per heavy atom. The lowest BCUT2D eigenvalue weighted by Gasteiger charge is -2.31. The van der Waals surface area contributed by atoms with Crippen molar-refractivity contribution in [1.29, 1.82) is 0 Å². The van der Waals surface area contributed by atoms with Gasteiger partial charge in [-0.05, 0) is 42.7 Å². The minimum absolute atomic E-state index is 0.0177. The van der Waals surface area contributed by atoms with Crippen LogP contribution in [0.25, 0.3) is 16.6 Å². The fourth-order valence-corrected chi connectivity index (χ4v) is 4.25. The van der Waals surface area contributed by atoms with E-state index in [1.54, 1.807) is 4.57 Å². The maximum absolute atomic E-state index is 13.8. The lowest BCUT2D eigenvalue weighted by molar-refractivity contribution is -0.133. The van der Waals surface area contributed by atoms with Crippen LogP contribution < -0.4 is 5.56 Å². The Morgan fingerprint density at radius 3 is 2.33 bits per heavy atom. The highest BCUT2D eigenvalue weighted by Crippen LogP contribution is 2.26. The van der Waals surface area contributed by atoms with Crippen molar-refractivity contribution in [2.45, 2.75) is 46.2 Å². The number of hydrogen-bond acceptors (Lipinski definition) is 3. The summed E-state index contributed by atoms with van der Waals surface area (Å²) in [5.41, 5.74) is 3.43. The van der Waals surface area contributed by atoms with Crippen LogP contribution in [0.2, 0.25) is 0 Å². The Labute approximate surface area is 194 Å². The minimum atomic E-state index is -0.403. The molecule has 0 bridgehead atoms. The molecule has 0 saturated carbocycles. The van der Waals surface area contributed by atoms with Crippen LogP contribution in [0.3, 0.4) is 0 Å². The second-order valence-corrected chi connectivity index (χ2v) is 8.15. The van der Waals surface area contributed by atoms with Gasteiger partial charge in [-0.15, -0.1) is 0 Å². The summed E-state index contributed by atoms with van der Waals surface area (Å²) in [6.07, 6.45) is 1.16. The number of benzene rings is 3. The number of amides is 1. The lowest BCUT2D eigenvalue weighted by atomic mass is 10.1. The highest BCUT2D eigenvalue weighted by Gasteiger charge is 2.26. The topological polar surface area (TPSA) is 55.2 Å². The summed E-state index contributed by atoms with van der Waals surface area (Å²) in [4.78, 5) is 33.6. The molecule has 0 fully saturated rings. The molecule has 3 aromatic carbocycles. The number of rotatable bonds is 7. The molecule has 0 aliphatic carbocycles. The van der Waals surface area contributed by atoms with Gasteiger partial charge in [0.2, 0.25) is 5.91 Å². The number of hydrogen-bond donors (Lipinski definition) is 0. The summed E-state index contributed by atoms with van der Waals surface area (Å²) in [6, 6.07) is 24.8. The number of nitrogens with zero attached hydrogens (tertiary/aromatic N) is 3. The first kappa shape index (κ1) is 22.5. The molecular formula is C28H29N3O2. The van der Waals surface area contributed by atoms with Crippen LogP contribution in [-0.2, 0) is 17.8 Å². The molecule has 1 aromatic heterocycles. The van der Waals surface area contributed by atoms with E-state index < -0.39 is 6.04 Å². The molecule has 33 heavy (non-hydrogen) atoms. The second-order valence-electron chi connectivity index (χ2n) is 8.15. The number of para-hydroxylation sites is 2. The summed E-state index contributed by atoms with van der Waals surface area (Å²) in [5, 5.41) is 0.566. The Hall–Kier alpha value is -3.73. The van der Waals surface area contributed by atoms with E-state index in [2.05, 4.69) is 6.92 Å². The molecular weight excluding hydrogens is 410 g/mol. The molecule has 0 saturated heterocycles. The Morgan fingerprint density at radius 2 is 1.61 bits per heavy atom. The van der Waals surface area contributed by atoms with Crippen molar-refractivity contribution in [2.75, 3.05) is 0 Å². The van der Waals surface area contributed by atoms with E-state index in [9.17, 15) is 9.59 Å². The van der Waals surface area contributed by atoms with E-state index in [0.717, 1.165) is 23.2 Å². The second kappa shape index (κ2) is 9.82. The van der Waals surface area contributed by atoms with Gasteiger partial charge in [-0.1, -0.05) is 74.5 Å². The number of aryl methyl sites for hydroxylation is 1. The molecule has 4 aromatic rings. The van der Waals surface area contributed by atoms with Gasteiger partial charge in [-0.3, -0.25) is 14.2 Å². The van der Waals surface area contributed by atoms with Gasteiger partial charge < -0.3 is 4.90 Å². The predicted octanol–water partition coefficient (Wildman–Crippen LogP) is 5.45. The van der Waals surface area contributed by atoms with Gasteiger partial charge in [-0.25, -0.2) is 4.98 Å². The predicted molar refractivity (Wildman–Crippen MR) is 132 cm³/mol. The third-order valence-electron chi connectivity index (χ3n) is 6.07. The molecule has 5 nitrogen and oxygen atoms in total. The lowest BCUT2D eigenvalue weighted by Crippen LogP contribution is -2.37. The average Bonchev–Trinajstić information content (AvgIpc) is 2.87. The van der Waals surface area contributed by atoms with Crippen LogP contribution in [0.4, 0.5) is 0 Å². The van der Waals surface area contributed by atoms with E-state index in [1.165, 1.54) is 0 Å². The van der Waals surface area contributed by atoms with Gasteiger partial charge in [-0.2, -0.15) is 0 Å². The van der Waals surface area contributed by atoms with E-state index in [0.29, 0.717) is 29.7 Å². The summed E-state index contributed by atoms with van der Waals surface area (Å²) in [6.45, 7) is 6.34. The molecule has 4 rings (SSSR count). The normalized spacial score (nSPS) is 12.0. The summed E-state index contributed by atoms with van der Waals surface area (Å²) < 4.78 is 1.70. The van der Waals surface area contributed by atoms with Crippen LogP contribution in [0.1, 0.15) is 50.2 Å². The van der Waals surface area contributed by atoms with Gasteiger partial charge in [0.05, 0.1) is 22.6 Å². The van der Waals surface area contributed by atoms with Gasteiger partial charge >= 0.3 is 0 Å². The zero-order chi connectivity index (χ0) is 23.4. The van der Waals surface area contributed by atoms with Crippen molar-refractivity contribution < 1.29 is 4.79 Å². The van der Waals surface area contributed by atoms with Crippen molar-refractivity contribution in [1.82, 2.24) is 14.5 Å². The van der Waals surface area contributed by atoms with Crippen molar-refractivity contribution in [3.63, 3.8) is 0 Å². The first-order valence-corrected chi connectivity index (χ1v) is 11.5. The Kier molecular flexibility index (Phi) is 6.68. The molecule has 0 aliphatic rings. The van der Waals surface area contributed by atoms with Crippen LogP contribution in [-0.4, -0.2) is 20.4 Å². The molecule has 1 heterocycles. The summed E-state index contributed by atoms with van der Waals surface area (Å²) in [5.74, 6) is 0.585. The van der Waals surface area contributed by atoms with Crippen molar-refractivity contribution in [3.8, 4) is 5.69 Å². The molecule has 1 amide bonds. The summed E-state index contributed by atoms with van der Waals surface area (Å²) >= 11 is 0. The highest BCUT2D eigenvalue weighted by atomic mass is 16.2. The zero-order valence-corrected chi connectivity index (χ0v) is 19.4.